The molecule has 1 heterocycles. The highest BCUT2D eigenvalue weighted by Gasteiger charge is 2.42. The highest BCUT2D eigenvalue weighted by molar-refractivity contribution is 4.84. The standard InChI is InChI=1S/C15H28F3N3/c1-12(11-21-8-6-20(2)7-9-21)19-14-5-3-4-13(10-14)15(16,17)18/h12-14,19H,3-11H2,1-2H3/t12-,13-,14+/m1/s1. The maximum absolute atomic E-state index is 12.8. The number of hydrogen-bond acceptors (Lipinski definition) is 3. The van der Waals surface area contributed by atoms with Crippen LogP contribution < -0.4 is 5.32 Å². The molecular formula is C15H28F3N3. The van der Waals surface area contributed by atoms with Crippen LogP contribution in [0.4, 0.5) is 13.2 Å². The SMILES string of the molecule is C[C@H](CN1CCN(C)CC1)N[C@H]1CCC[C@@H](C(F)(F)F)C1. The van der Waals surface area contributed by atoms with E-state index in [1.54, 1.807) is 0 Å². The zero-order valence-corrected chi connectivity index (χ0v) is 13.1. The van der Waals surface area contributed by atoms with Crippen LogP contribution in [0.25, 0.3) is 0 Å². The van der Waals surface area contributed by atoms with E-state index < -0.39 is 12.1 Å². The highest BCUT2D eigenvalue weighted by atomic mass is 19.4. The zero-order valence-electron chi connectivity index (χ0n) is 13.1. The van der Waals surface area contributed by atoms with Crippen LogP contribution in [-0.2, 0) is 0 Å². The van der Waals surface area contributed by atoms with Crippen LogP contribution in [-0.4, -0.2) is 67.8 Å². The monoisotopic (exact) mass is 307 g/mol. The van der Waals surface area contributed by atoms with Crippen molar-refractivity contribution in [3.8, 4) is 0 Å². The maximum Gasteiger partial charge on any atom is 0.391 e. The number of likely N-dealkylation sites (N-methyl/N-ethyl adjacent to an activating group) is 1. The second-order valence-electron chi connectivity index (χ2n) is 6.77. The topological polar surface area (TPSA) is 18.5 Å². The number of hydrogen-bond donors (Lipinski definition) is 1. The van der Waals surface area contributed by atoms with E-state index in [2.05, 4.69) is 29.1 Å². The molecule has 2 aliphatic rings. The molecule has 3 nitrogen and oxygen atoms in total. The minimum Gasteiger partial charge on any atom is -0.310 e. The molecule has 0 spiro atoms. The first kappa shape index (κ1) is 17.0. The van der Waals surface area contributed by atoms with Crippen LogP contribution >= 0.6 is 0 Å². The van der Waals surface area contributed by atoms with Gasteiger partial charge in [0.2, 0.25) is 0 Å². The van der Waals surface area contributed by atoms with Crippen LogP contribution in [0.2, 0.25) is 0 Å². The Hall–Kier alpha value is -0.330. The van der Waals surface area contributed by atoms with Gasteiger partial charge in [-0.15, -0.1) is 0 Å². The third-order valence-electron chi connectivity index (χ3n) is 4.79. The summed E-state index contributed by atoms with van der Waals surface area (Å²) in [5.41, 5.74) is 0. The first-order valence-corrected chi connectivity index (χ1v) is 8.08. The third-order valence-corrected chi connectivity index (χ3v) is 4.79. The molecule has 0 unspecified atom stereocenters. The van der Waals surface area contributed by atoms with Crippen LogP contribution in [0.1, 0.15) is 32.6 Å². The lowest BCUT2D eigenvalue weighted by Gasteiger charge is -2.36. The smallest absolute Gasteiger partial charge is 0.310 e. The van der Waals surface area contributed by atoms with Gasteiger partial charge in [0.1, 0.15) is 0 Å². The molecular weight excluding hydrogens is 279 g/mol. The fourth-order valence-corrected chi connectivity index (χ4v) is 3.51. The van der Waals surface area contributed by atoms with E-state index in [4.69, 9.17) is 0 Å². The van der Waals surface area contributed by atoms with E-state index in [1.807, 2.05) is 0 Å². The molecule has 0 aromatic heterocycles. The van der Waals surface area contributed by atoms with Gasteiger partial charge in [0.05, 0.1) is 5.92 Å². The van der Waals surface area contributed by atoms with E-state index >= 15 is 0 Å². The third kappa shape index (κ3) is 5.42. The van der Waals surface area contributed by atoms with E-state index in [-0.39, 0.29) is 18.5 Å². The lowest BCUT2D eigenvalue weighted by Crippen LogP contribution is -2.51. The van der Waals surface area contributed by atoms with Gasteiger partial charge in [-0.25, -0.2) is 0 Å². The second-order valence-corrected chi connectivity index (χ2v) is 6.77. The summed E-state index contributed by atoms with van der Waals surface area (Å²) in [6, 6.07) is 0.276. The molecule has 124 valence electrons. The van der Waals surface area contributed by atoms with Crippen molar-refractivity contribution in [2.75, 3.05) is 39.8 Å². The molecule has 0 radical (unpaired) electrons. The molecule has 0 aromatic rings. The lowest BCUT2D eigenvalue weighted by atomic mass is 9.85. The van der Waals surface area contributed by atoms with Gasteiger partial charge in [0, 0.05) is 44.8 Å². The summed E-state index contributed by atoms with van der Waals surface area (Å²) in [4.78, 5) is 4.71. The molecule has 0 aromatic carbocycles. The first-order chi connectivity index (χ1) is 9.84. The van der Waals surface area contributed by atoms with Crippen molar-refractivity contribution in [3.63, 3.8) is 0 Å². The predicted octanol–water partition coefficient (Wildman–Crippen LogP) is 2.33. The summed E-state index contributed by atoms with van der Waals surface area (Å²) >= 11 is 0. The van der Waals surface area contributed by atoms with E-state index in [9.17, 15) is 13.2 Å². The summed E-state index contributed by atoms with van der Waals surface area (Å²) in [5, 5.41) is 3.42. The quantitative estimate of drug-likeness (QED) is 0.860. The fraction of sp³-hybridized carbons (Fsp3) is 1.00. The van der Waals surface area contributed by atoms with Crippen molar-refractivity contribution in [2.45, 2.75) is 50.9 Å². The van der Waals surface area contributed by atoms with E-state index in [0.29, 0.717) is 12.8 Å². The number of piperazine rings is 1. The average molecular weight is 307 g/mol. The van der Waals surface area contributed by atoms with E-state index in [0.717, 1.165) is 39.1 Å². The van der Waals surface area contributed by atoms with Crippen LogP contribution in [0.15, 0.2) is 0 Å². The molecule has 1 aliphatic carbocycles. The molecule has 1 saturated carbocycles. The fourth-order valence-electron chi connectivity index (χ4n) is 3.51. The summed E-state index contributed by atoms with van der Waals surface area (Å²) in [6.07, 6.45) is -1.92. The summed E-state index contributed by atoms with van der Waals surface area (Å²) in [6.45, 7) is 7.28. The Morgan fingerprint density at radius 1 is 1.14 bits per heavy atom. The van der Waals surface area contributed by atoms with Crippen molar-refractivity contribution in [1.82, 2.24) is 15.1 Å². The van der Waals surface area contributed by atoms with Crippen LogP contribution in [0.3, 0.4) is 0 Å². The molecule has 3 atom stereocenters. The number of halogens is 3. The maximum atomic E-state index is 12.8. The largest absolute Gasteiger partial charge is 0.391 e. The highest BCUT2D eigenvalue weighted by Crippen LogP contribution is 2.37. The van der Waals surface area contributed by atoms with Gasteiger partial charge in [0.15, 0.2) is 0 Å². The number of alkyl halides is 3. The molecule has 1 aliphatic heterocycles. The lowest BCUT2D eigenvalue weighted by molar-refractivity contribution is -0.183. The van der Waals surface area contributed by atoms with Crippen LogP contribution in [0, 0.1) is 5.92 Å². The summed E-state index contributed by atoms with van der Waals surface area (Å²) in [7, 11) is 2.12. The first-order valence-electron chi connectivity index (χ1n) is 8.08. The van der Waals surface area contributed by atoms with Gasteiger partial charge in [-0.1, -0.05) is 6.42 Å². The number of nitrogens with zero attached hydrogens (tertiary/aromatic N) is 2. The Kier molecular flexibility index (Phi) is 5.91. The van der Waals surface area contributed by atoms with Gasteiger partial charge < -0.3 is 10.2 Å². The molecule has 2 fully saturated rings. The molecule has 2 rings (SSSR count). The van der Waals surface area contributed by atoms with Crippen molar-refractivity contribution >= 4 is 0 Å². The minimum absolute atomic E-state index is 0.0211. The molecule has 0 amide bonds. The van der Waals surface area contributed by atoms with Gasteiger partial charge in [-0.05, 0) is 33.2 Å². The van der Waals surface area contributed by atoms with Gasteiger partial charge in [-0.3, -0.25) is 4.90 Å². The Labute approximate surface area is 125 Å². The Morgan fingerprint density at radius 2 is 1.81 bits per heavy atom. The van der Waals surface area contributed by atoms with Gasteiger partial charge in [-0.2, -0.15) is 13.2 Å². The Bertz CT molecular complexity index is 314. The minimum atomic E-state index is -4.03. The molecule has 21 heavy (non-hydrogen) atoms. The Morgan fingerprint density at radius 3 is 2.43 bits per heavy atom. The van der Waals surface area contributed by atoms with Crippen molar-refractivity contribution < 1.29 is 13.2 Å². The average Bonchev–Trinajstić information content (AvgIpc) is 2.41. The normalized spacial score (nSPS) is 31.3. The van der Waals surface area contributed by atoms with Crippen molar-refractivity contribution in [3.05, 3.63) is 0 Å². The molecule has 1 saturated heterocycles. The molecule has 0 bridgehead atoms. The summed E-state index contributed by atoms with van der Waals surface area (Å²) < 4.78 is 38.5. The zero-order chi connectivity index (χ0) is 15.5. The molecule has 6 heteroatoms. The molecule has 1 N–H and O–H groups in total. The summed E-state index contributed by atoms with van der Waals surface area (Å²) in [5.74, 6) is -1.11. The Balaban J connectivity index is 1.73. The van der Waals surface area contributed by atoms with Crippen molar-refractivity contribution in [2.24, 2.45) is 5.92 Å². The van der Waals surface area contributed by atoms with E-state index in [1.165, 1.54) is 0 Å². The predicted molar refractivity (Wildman–Crippen MR) is 78.3 cm³/mol. The second kappa shape index (κ2) is 7.29. The van der Waals surface area contributed by atoms with Gasteiger partial charge >= 0.3 is 6.18 Å². The number of rotatable bonds is 4. The van der Waals surface area contributed by atoms with Crippen molar-refractivity contribution in [1.29, 1.82) is 0 Å². The van der Waals surface area contributed by atoms with Crippen LogP contribution in [0.5, 0.6) is 0 Å². The van der Waals surface area contributed by atoms with Gasteiger partial charge in [0.25, 0.3) is 0 Å². The number of nitrogens with one attached hydrogen (secondary N) is 1.